The molecule has 15 heavy (non-hydrogen) atoms. The molecular weight excluding hydrogens is 198 g/mol. The second-order valence-electron chi connectivity index (χ2n) is 3.98. The monoisotopic (exact) mass is 215 g/mol. The highest BCUT2D eigenvalue weighted by atomic mass is 16.5. The summed E-state index contributed by atoms with van der Waals surface area (Å²) in [5.41, 5.74) is 0. The van der Waals surface area contributed by atoms with Gasteiger partial charge in [0.1, 0.15) is 12.8 Å². The van der Waals surface area contributed by atoms with Gasteiger partial charge in [-0.3, -0.25) is 4.79 Å². The topological polar surface area (TPSA) is 59.0 Å². The first-order valence-electron chi connectivity index (χ1n) is 5.45. The van der Waals surface area contributed by atoms with Gasteiger partial charge in [0.15, 0.2) is 0 Å². The molecule has 0 radical (unpaired) electrons. The van der Waals surface area contributed by atoms with E-state index in [0.717, 1.165) is 25.9 Å². The number of ether oxygens (including phenoxy) is 2. The fraction of sp³-hybridized carbons (Fsp3) is 0.900. The molecule has 1 N–H and O–H groups in total. The molecule has 2 saturated heterocycles. The van der Waals surface area contributed by atoms with Crippen LogP contribution < -0.4 is 0 Å². The van der Waals surface area contributed by atoms with Crippen molar-refractivity contribution in [2.45, 2.75) is 31.6 Å². The number of aliphatic hydroxyl groups is 1. The maximum atomic E-state index is 11.6. The van der Waals surface area contributed by atoms with Crippen molar-refractivity contribution in [3.8, 4) is 0 Å². The van der Waals surface area contributed by atoms with E-state index in [4.69, 9.17) is 14.6 Å². The molecule has 2 heterocycles. The third-order valence-corrected chi connectivity index (χ3v) is 2.87. The van der Waals surface area contributed by atoms with Gasteiger partial charge in [-0.2, -0.15) is 0 Å². The van der Waals surface area contributed by atoms with Crippen LogP contribution in [-0.4, -0.2) is 54.6 Å². The van der Waals surface area contributed by atoms with Crippen LogP contribution in [0.3, 0.4) is 0 Å². The van der Waals surface area contributed by atoms with Crippen molar-refractivity contribution in [1.82, 2.24) is 4.90 Å². The molecule has 0 spiro atoms. The number of carbonyl (C=O) groups is 1. The highest BCUT2D eigenvalue weighted by Crippen LogP contribution is 2.19. The molecule has 2 fully saturated rings. The summed E-state index contributed by atoms with van der Waals surface area (Å²) in [6.45, 7) is 1.18. The van der Waals surface area contributed by atoms with E-state index in [2.05, 4.69) is 0 Å². The number of hydrogen-bond donors (Lipinski definition) is 1. The zero-order chi connectivity index (χ0) is 10.7. The minimum absolute atomic E-state index is 0.0356. The number of carbonyl (C=O) groups excluding carboxylic acids is 1. The molecule has 2 atom stereocenters. The predicted octanol–water partition coefficient (Wildman–Crippen LogP) is -0.267. The first-order chi connectivity index (χ1) is 7.31. The third-order valence-electron chi connectivity index (χ3n) is 2.87. The molecule has 86 valence electrons. The van der Waals surface area contributed by atoms with E-state index in [0.29, 0.717) is 6.54 Å². The van der Waals surface area contributed by atoms with Gasteiger partial charge < -0.3 is 19.5 Å². The van der Waals surface area contributed by atoms with Gasteiger partial charge in [-0.15, -0.1) is 0 Å². The van der Waals surface area contributed by atoms with E-state index in [9.17, 15) is 4.79 Å². The number of nitrogens with zero attached hydrogens (tertiary/aromatic N) is 1. The Bertz CT molecular complexity index is 227. The molecule has 0 bridgehead atoms. The Morgan fingerprint density at radius 1 is 1.40 bits per heavy atom. The third kappa shape index (κ3) is 2.48. The van der Waals surface area contributed by atoms with Gasteiger partial charge in [0.2, 0.25) is 0 Å². The smallest absolute Gasteiger partial charge is 0.250 e. The van der Waals surface area contributed by atoms with Crippen molar-refractivity contribution in [2.24, 2.45) is 0 Å². The van der Waals surface area contributed by atoms with Crippen LogP contribution in [0.1, 0.15) is 19.3 Å². The molecule has 5 nitrogen and oxygen atoms in total. The van der Waals surface area contributed by atoms with E-state index in [1.807, 2.05) is 0 Å². The lowest BCUT2D eigenvalue weighted by atomic mass is 10.1. The average Bonchev–Trinajstić information content (AvgIpc) is 2.31. The summed E-state index contributed by atoms with van der Waals surface area (Å²) in [4.78, 5) is 13.3. The zero-order valence-corrected chi connectivity index (χ0v) is 8.72. The van der Waals surface area contributed by atoms with E-state index < -0.39 is 0 Å². The second-order valence-corrected chi connectivity index (χ2v) is 3.98. The largest absolute Gasteiger partial charge is 0.394 e. The lowest BCUT2D eigenvalue weighted by Gasteiger charge is -2.38. The standard InChI is InChI=1S/C10H17NO4/c12-6-8-5-11(9(13)7-15-8)10-3-1-2-4-14-10/h8,10,12H,1-7H2. The molecule has 0 aliphatic carbocycles. The van der Waals surface area contributed by atoms with Crippen molar-refractivity contribution >= 4 is 5.91 Å². The van der Waals surface area contributed by atoms with Crippen LogP contribution in [0.15, 0.2) is 0 Å². The van der Waals surface area contributed by atoms with Gasteiger partial charge in [-0.1, -0.05) is 0 Å². The first kappa shape index (κ1) is 10.9. The van der Waals surface area contributed by atoms with Crippen LogP contribution in [0.5, 0.6) is 0 Å². The van der Waals surface area contributed by atoms with Crippen LogP contribution in [0.2, 0.25) is 0 Å². The highest BCUT2D eigenvalue weighted by molar-refractivity contribution is 5.78. The molecule has 2 aliphatic heterocycles. The maximum Gasteiger partial charge on any atom is 0.250 e. The van der Waals surface area contributed by atoms with Gasteiger partial charge in [0.05, 0.1) is 19.3 Å². The second kappa shape index (κ2) is 4.92. The number of amides is 1. The Morgan fingerprint density at radius 2 is 2.27 bits per heavy atom. The fourth-order valence-corrected chi connectivity index (χ4v) is 2.00. The summed E-state index contributed by atoms with van der Waals surface area (Å²) in [5.74, 6) is -0.0356. The van der Waals surface area contributed by atoms with Crippen LogP contribution in [0, 0.1) is 0 Å². The van der Waals surface area contributed by atoms with Gasteiger partial charge in [-0.25, -0.2) is 0 Å². The minimum atomic E-state index is -0.256. The summed E-state index contributed by atoms with van der Waals surface area (Å²) < 4.78 is 10.7. The normalized spacial score (nSPS) is 33.1. The molecule has 2 unspecified atom stereocenters. The Balaban J connectivity index is 1.95. The Labute approximate surface area is 89.0 Å². The summed E-state index contributed by atoms with van der Waals surface area (Å²) >= 11 is 0. The Morgan fingerprint density at radius 3 is 2.93 bits per heavy atom. The number of hydrogen-bond acceptors (Lipinski definition) is 4. The van der Waals surface area contributed by atoms with Gasteiger partial charge in [0, 0.05) is 6.61 Å². The van der Waals surface area contributed by atoms with Crippen molar-refractivity contribution in [1.29, 1.82) is 0 Å². The minimum Gasteiger partial charge on any atom is -0.394 e. The molecular formula is C10H17NO4. The molecule has 2 aliphatic rings. The van der Waals surface area contributed by atoms with Crippen molar-refractivity contribution in [3.63, 3.8) is 0 Å². The SMILES string of the molecule is O=C1COC(CO)CN1C1CCCCO1. The molecule has 0 saturated carbocycles. The zero-order valence-electron chi connectivity index (χ0n) is 8.72. The number of morpholine rings is 1. The van der Waals surface area contributed by atoms with Gasteiger partial charge in [0.25, 0.3) is 5.91 Å². The van der Waals surface area contributed by atoms with Crippen LogP contribution in [0.4, 0.5) is 0 Å². The predicted molar refractivity (Wildman–Crippen MR) is 52.1 cm³/mol. The lowest BCUT2D eigenvalue weighted by molar-refractivity contribution is -0.175. The lowest BCUT2D eigenvalue weighted by Crippen LogP contribution is -2.53. The molecule has 0 aromatic heterocycles. The molecule has 1 amide bonds. The Hall–Kier alpha value is -0.650. The van der Waals surface area contributed by atoms with Crippen LogP contribution in [-0.2, 0) is 14.3 Å². The summed E-state index contributed by atoms with van der Waals surface area (Å²) in [5, 5.41) is 8.99. The molecule has 0 aromatic rings. The average molecular weight is 215 g/mol. The van der Waals surface area contributed by atoms with Gasteiger partial charge in [-0.05, 0) is 19.3 Å². The van der Waals surface area contributed by atoms with Crippen molar-refractivity contribution in [3.05, 3.63) is 0 Å². The van der Waals surface area contributed by atoms with Crippen LogP contribution >= 0.6 is 0 Å². The van der Waals surface area contributed by atoms with Crippen molar-refractivity contribution in [2.75, 3.05) is 26.4 Å². The summed E-state index contributed by atoms with van der Waals surface area (Å²) in [7, 11) is 0. The summed E-state index contributed by atoms with van der Waals surface area (Å²) in [6.07, 6.45) is 2.69. The van der Waals surface area contributed by atoms with E-state index in [1.165, 1.54) is 0 Å². The van der Waals surface area contributed by atoms with E-state index in [1.54, 1.807) is 4.90 Å². The van der Waals surface area contributed by atoms with E-state index >= 15 is 0 Å². The molecule has 5 heteroatoms. The first-order valence-corrected chi connectivity index (χ1v) is 5.45. The van der Waals surface area contributed by atoms with Crippen LogP contribution in [0.25, 0.3) is 0 Å². The van der Waals surface area contributed by atoms with Crippen molar-refractivity contribution < 1.29 is 19.4 Å². The highest BCUT2D eigenvalue weighted by Gasteiger charge is 2.32. The number of rotatable bonds is 2. The Kier molecular flexibility index (Phi) is 3.56. The van der Waals surface area contributed by atoms with E-state index in [-0.39, 0.29) is 31.5 Å². The quantitative estimate of drug-likeness (QED) is 0.689. The fourth-order valence-electron chi connectivity index (χ4n) is 2.00. The molecule has 2 rings (SSSR count). The molecule has 0 aromatic carbocycles. The maximum absolute atomic E-state index is 11.6. The van der Waals surface area contributed by atoms with Gasteiger partial charge >= 0.3 is 0 Å². The number of aliphatic hydroxyl groups excluding tert-OH is 1. The summed E-state index contributed by atoms with van der Waals surface area (Å²) in [6, 6.07) is 0.